The SMILES string of the molecule is C=C[C@@H]1C[C@@]1(NC(=O)[C@@H]1C[C@@H](Oc2cc(-c3ccccc3)nc3cc(OC)ccc23)CN1C(=O)[C@H](CC1CCCCC1)NC(=O)OC(C)(C)C)C(=O)NS(=O)(=O)C(F)(F)F. The summed E-state index contributed by atoms with van der Waals surface area (Å²) < 4.78 is 82.5. The zero-order valence-corrected chi connectivity index (χ0v) is 34.7. The van der Waals surface area contributed by atoms with Gasteiger partial charge in [-0.1, -0.05) is 68.5 Å². The Morgan fingerprint density at radius 1 is 1.03 bits per heavy atom. The third kappa shape index (κ3) is 9.96. The third-order valence-corrected chi connectivity index (χ3v) is 12.1. The number of amides is 4. The summed E-state index contributed by atoms with van der Waals surface area (Å²) >= 11 is 0. The number of likely N-dealkylation sites (tertiary alicyclic amines) is 1. The Morgan fingerprint density at radius 3 is 2.35 bits per heavy atom. The molecule has 1 aliphatic heterocycles. The first kappa shape index (κ1) is 44.2. The van der Waals surface area contributed by atoms with E-state index in [1.54, 1.807) is 45.0 Å². The van der Waals surface area contributed by atoms with Crippen molar-refractivity contribution in [2.24, 2.45) is 11.8 Å². The second-order valence-electron chi connectivity index (χ2n) is 16.6. The first-order chi connectivity index (χ1) is 28.2. The third-order valence-electron chi connectivity index (χ3n) is 11.1. The number of hydrogen-bond donors (Lipinski definition) is 3. The number of halogens is 3. The summed E-state index contributed by atoms with van der Waals surface area (Å²) in [6.07, 6.45) is 3.91. The number of pyridine rings is 1. The number of rotatable bonds is 13. The molecule has 0 unspecified atom stereocenters. The number of nitrogens with one attached hydrogen (secondary N) is 3. The highest BCUT2D eigenvalue weighted by Crippen LogP contribution is 2.46. The van der Waals surface area contributed by atoms with E-state index in [0.29, 0.717) is 28.1 Å². The molecule has 3 fully saturated rings. The predicted molar refractivity (Wildman–Crippen MR) is 215 cm³/mol. The smallest absolute Gasteiger partial charge is 0.497 e. The molecule has 6 rings (SSSR count). The van der Waals surface area contributed by atoms with Gasteiger partial charge in [-0.2, -0.15) is 21.6 Å². The predicted octanol–water partition coefficient (Wildman–Crippen LogP) is 6.15. The molecule has 3 N–H and O–H groups in total. The fraction of sp³-hybridized carbons (Fsp3) is 0.500. The van der Waals surface area contributed by atoms with Gasteiger partial charge in [-0.05, 0) is 51.7 Å². The van der Waals surface area contributed by atoms with Gasteiger partial charge in [0, 0.05) is 35.4 Å². The molecule has 1 saturated heterocycles. The van der Waals surface area contributed by atoms with Gasteiger partial charge in [0.25, 0.3) is 5.91 Å². The van der Waals surface area contributed by atoms with Gasteiger partial charge in [0.1, 0.15) is 40.8 Å². The number of fused-ring (bicyclic) bond motifs is 1. The summed E-state index contributed by atoms with van der Waals surface area (Å²) in [5.74, 6) is -3.12. The standard InChI is InChI=1S/C42H50F3N5O9S/c1-6-27-23-41(27,38(53)49-60(55,56)42(43,44)45)48-36(51)34-21-29(24-50(34)37(52)33(19-25-13-9-7-10-14-25)47-39(54)59-40(2,3)4)58-35-22-31(26-15-11-8-12-16-26)46-32-20-28(57-5)17-18-30(32)35/h6,8,11-12,15-18,20,22,25,27,29,33-34H,1,7,9-10,13-14,19,21,23-24H2,2-5H3,(H,47,54)(H,48,51)(H,49,53)/t27-,29-,33+,34+,41+/m1/s1. The van der Waals surface area contributed by atoms with Gasteiger partial charge in [0.05, 0.1) is 24.9 Å². The highest BCUT2D eigenvalue weighted by molar-refractivity contribution is 7.90. The van der Waals surface area contributed by atoms with Gasteiger partial charge >= 0.3 is 21.6 Å². The van der Waals surface area contributed by atoms with E-state index in [0.717, 1.165) is 42.4 Å². The molecule has 0 radical (unpaired) electrons. The van der Waals surface area contributed by atoms with Crippen molar-refractivity contribution in [3.05, 3.63) is 67.3 Å². The lowest BCUT2D eigenvalue weighted by molar-refractivity contribution is -0.141. The number of ether oxygens (including phenoxy) is 3. The maximum Gasteiger partial charge on any atom is 0.516 e. The summed E-state index contributed by atoms with van der Waals surface area (Å²) in [7, 11) is -4.60. The summed E-state index contributed by atoms with van der Waals surface area (Å²) in [5.41, 5.74) is -6.93. The minimum absolute atomic E-state index is 0.0727. The first-order valence-electron chi connectivity index (χ1n) is 19.8. The van der Waals surface area contributed by atoms with E-state index in [1.807, 2.05) is 30.3 Å². The van der Waals surface area contributed by atoms with Crippen molar-refractivity contribution in [3.63, 3.8) is 0 Å². The number of alkyl halides is 3. The highest BCUT2D eigenvalue weighted by atomic mass is 32.2. The fourth-order valence-electron chi connectivity index (χ4n) is 7.95. The second-order valence-corrected chi connectivity index (χ2v) is 18.2. The molecule has 5 atom stereocenters. The lowest BCUT2D eigenvalue weighted by Gasteiger charge is -2.32. The molecule has 14 nitrogen and oxygen atoms in total. The van der Waals surface area contributed by atoms with Crippen LogP contribution in [0.4, 0.5) is 18.0 Å². The van der Waals surface area contributed by atoms with Crippen LogP contribution in [-0.2, 0) is 29.1 Å². The van der Waals surface area contributed by atoms with E-state index in [4.69, 9.17) is 19.2 Å². The maximum absolute atomic E-state index is 14.8. The largest absolute Gasteiger partial charge is 0.516 e. The second kappa shape index (κ2) is 17.3. The molecule has 0 bridgehead atoms. The van der Waals surface area contributed by atoms with E-state index < -0.39 is 74.6 Å². The first-order valence-corrected chi connectivity index (χ1v) is 21.3. The van der Waals surface area contributed by atoms with Crippen molar-refractivity contribution in [1.29, 1.82) is 0 Å². The Balaban J connectivity index is 1.36. The molecule has 2 saturated carbocycles. The number of carbonyl (C=O) groups is 4. The Hall–Kier alpha value is -5.39. The van der Waals surface area contributed by atoms with E-state index in [2.05, 4.69) is 17.2 Å². The van der Waals surface area contributed by atoms with Crippen LogP contribution in [0.1, 0.15) is 72.1 Å². The van der Waals surface area contributed by atoms with Gasteiger partial charge < -0.3 is 29.7 Å². The van der Waals surface area contributed by atoms with Crippen LogP contribution < -0.4 is 24.8 Å². The van der Waals surface area contributed by atoms with Crippen molar-refractivity contribution in [1.82, 2.24) is 25.2 Å². The topological polar surface area (TPSA) is 182 Å². The average molecular weight is 858 g/mol. The molecule has 2 aliphatic carbocycles. The van der Waals surface area contributed by atoms with Crippen LogP contribution in [0.5, 0.6) is 11.5 Å². The van der Waals surface area contributed by atoms with Crippen LogP contribution in [0.25, 0.3) is 22.2 Å². The Bertz CT molecular complexity index is 2230. The molecule has 1 aromatic heterocycles. The molecular weight excluding hydrogens is 808 g/mol. The van der Waals surface area contributed by atoms with E-state index in [-0.39, 0.29) is 31.7 Å². The zero-order valence-electron chi connectivity index (χ0n) is 33.8. The average Bonchev–Trinajstić information content (AvgIpc) is 3.75. The minimum atomic E-state index is -6.13. The van der Waals surface area contributed by atoms with Gasteiger partial charge in [-0.3, -0.25) is 14.4 Å². The summed E-state index contributed by atoms with van der Waals surface area (Å²) in [4.78, 5) is 61.7. The Labute approximate surface area is 346 Å². The number of benzene rings is 2. The van der Waals surface area contributed by atoms with Crippen molar-refractivity contribution in [2.75, 3.05) is 13.7 Å². The van der Waals surface area contributed by atoms with Crippen LogP contribution in [-0.4, -0.2) is 90.6 Å². The van der Waals surface area contributed by atoms with Gasteiger partial charge in [0.2, 0.25) is 11.8 Å². The van der Waals surface area contributed by atoms with E-state index in [9.17, 15) is 40.8 Å². The number of nitrogens with zero attached hydrogens (tertiary/aromatic N) is 2. The highest BCUT2D eigenvalue weighted by Gasteiger charge is 2.63. The van der Waals surface area contributed by atoms with Gasteiger partial charge in [-0.15, -0.1) is 6.58 Å². The fourth-order valence-corrected chi connectivity index (χ4v) is 8.49. The zero-order chi connectivity index (χ0) is 43.6. The van der Waals surface area contributed by atoms with Crippen LogP contribution in [0.3, 0.4) is 0 Å². The summed E-state index contributed by atoms with van der Waals surface area (Å²) in [6.45, 7) is 8.45. The quantitative estimate of drug-likeness (QED) is 0.169. The molecule has 0 spiro atoms. The van der Waals surface area contributed by atoms with Crippen molar-refractivity contribution >= 4 is 44.7 Å². The molecule has 18 heteroatoms. The Kier molecular flexibility index (Phi) is 12.7. The van der Waals surface area contributed by atoms with Crippen molar-refractivity contribution < 1.29 is 55.0 Å². The molecule has 324 valence electrons. The molecule has 3 aromatic rings. The van der Waals surface area contributed by atoms with Crippen LogP contribution in [0, 0.1) is 11.8 Å². The Morgan fingerprint density at radius 2 is 1.73 bits per heavy atom. The number of aromatic nitrogens is 1. The van der Waals surface area contributed by atoms with Crippen molar-refractivity contribution in [3.8, 4) is 22.8 Å². The maximum atomic E-state index is 14.8. The summed E-state index contributed by atoms with van der Waals surface area (Å²) in [5, 5.41) is 5.79. The number of sulfonamides is 1. The lowest BCUT2D eigenvalue weighted by atomic mass is 9.84. The van der Waals surface area contributed by atoms with Gasteiger partial charge in [-0.25, -0.2) is 14.5 Å². The molecular formula is C42H50F3N5O9S. The van der Waals surface area contributed by atoms with Crippen LogP contribution >= 0.6 is 0 Å². The molecule has 3 aliphatic rings. The van der Waals surface area contributed by atoms with Gasteiger partial charge in [0.15, 0.2) is 0 Å². The molecule has 4 amide bonds. The minimum Gasteiger partial charge on any atom is -0.497 e. The lowest BCUT2D eigenvalue weighted by Crippen LogP contribution is -2.59. The molecule has 2 aromatic carbocycles. The monoisotopic (exact) mass is 857 g/mol. The van der Waals surface area contributed by atoms with E-state index >= 15 is 0 Å². The number of hydrogen-bond acceptors (Lipinski definition) is 10. The summed E-state index contributed by atoms with van der Waals surface area (Å²) in [6, 6.07) is 13.8. The van der Waals surface area contributed by atoms with E-state index in [1.165, 1.54) is 18.1 Å². The van der Waals surface area contributed by atoms with Crippen LogP contribution in [0.2, 0.25) is 0 Å². The molecule has 60 heavy (non-hydrogen) atoms. The number of alkyl carbamates (subject to hydrolysis) is 1. The number of carbonyl (C=O) groups excluding carboxylic acids is 4. The molecule has 2 heterocycles. The van der Waals surface area contributed by atoms with Crippen molar-refractivity contribution in [2.45, 2.75) is 107 Å². The normalized spacial score (nSPS) is 22.6. The van der Waals surface area contributed by atoms with Crippen LogP contribution in [0.15, 0.2) is 67.3 Å². The number of methoxy groups -OCH3 is 1.